The monoisotopic (exact) mass is 610 g/mol. The molecular formula is C30H32F2N6O4S. The second kappa shape index (κ2) is 12.5. The highest BCUT2D eigenvalue weighted by molar-refractivity contribution is 7.90. The summed E-state index contributed by atoms with van der Waals surface area (Å²) in [5.41, 5.74) is 6.99. The van der Waals surface area contributed by atoms with Gasteiger partial charge in [0.05, 0.1) is 11.2 Å². The lowest BCUT2D eigenvalue weighted by Crippen LogP contribution is -2.30. The summed E-state index contributed by atoms with van der Waals surface area (Å²) in [6.07, 6.45) is -0.176. The zero-order valence-corrected chi connectivity index (χ0v) is 24.9. The van der Waals surface area contributed by atoms with Crippen LogP contribution in [0.15, 0.2) is 48.5 Å². The van der Waals surface area contributed by atoms with Gasteiger partial charge in [-0.3, -0.25) is 14.2 Å². The topological polar surface area (TPSA) is 152 Å². The summed E-state index contributed by atoms with van der Waals surface area (Å²) >= 11 is 0. The third kappa shape index (κ3) is 7.92. The number of benzene rings is 2. The van der Waals surface area contributed by atoms with Gasteiger partial charge in [0.2, 0.25) is 5.91 Å². The first-order valence-corrected chi connectivity index (χ1v) is 14.9. The van der Waals surface area contributed by atoms with Crippen LogP contribution in [0.3, 0.4) is 0 Å². The van der Waals surface area contributed by atoms with Gasteiger partial charge in [-0.25, -0.2) is 13.8 Å². The van der Waals surface area contributed by atoms with Crippen LogP contribution in [0.1, 0.15) is 50.1 Å². The lowest BCUT2D eigenvalue weighted by molar-refractivity contribution is -0.118. The molecule has 0 spiro atoms. The number of aliphatic hydroxyl groups is 1. The largest absolute Gasteiger partial charge is 0.378 e. The van der Waals surface area contributed by atoms with E-state index >= 15 is 0 Å². The Morgan fingerprint density at radius 2 is 1.84 bits per heavy atom. The molecular weight excluding hydrogens is 578 g/mol. The molecule has 1 amide bonds. The molecule has 4 rings (SSSR count). The van der Waals surface area contributed by atoms with Crippen LogP contribution in [0.5, 0.6) is 0 Å². The summed E-state index contributed by atoms with van der Waals surface area (Å²) in [7, 11) is -2.22. The van der Waals surface area contributed by atoms with E-state index in [2.05, 4.69) is 26.4 Å². The van der Waals surface area contributed by atoms with E-state index in [0.717, 1.165) is 6.07 Å². The minimum Gasteiger partial charge on any atom is -0.378 e. The normalized spacial score (nSPS) is 12.5. The number of aromatic nitrogens is 3. The van der Waals surface area contributed by atoms with Gasteiger partial charge in [-0.05, 0) is 62.1 Å². The lowest BCUT2D eigenvalue weighted by atomic mass is 9.87. The minimum atomic E-state index is -3.88. The summed E-state index contributed by atoms with van der Waals surface area (Å²) in [6.45, 7) is 4.88. The van der Waals surface area contributed by atoms with E-state index in [4.69, 9.17) is 10.7 Å². The summed E-state index contributed by atoms with van der Waals surface area (Å²) in [5.74, 6) is 2.74. The smallest absolute Gasteiger partial charge is 0.300 e. The third-order valence-corrected chi connectivity index (χ3v) is 7.51. The highest BCUT2D eigenvalue weighted by Gasteiger charge is 2.25. The second-order valence-electron chi connectivity index (χ2n) is 10.6. The third-order valence-electron chi connectivity index (χ3n) is 6.38. The fraction of sp³-hybridized carbons (Fsp3) is 0.300. The Kier molecular flexibility index (Phi) is 9.15. The number of halogens is 2. The number of fused-ring (bicyclic) bond motifs is 1. The van der Waals surface area contributed by atoms with Crippen molar-refractivity contribution < 1.29 is 27.1 Å². The fourth-order valence-corrected chi connectivity index (χ4v) is 5.66. The fourth-order valence-electron chi connectivity index (χ4n) is 4.81. The second-order valence-corrected chi connectivity index (χ2v) is 12.1. The van der Waals surface area contributed by atoms with E-state index in [1.165, 1.54) is 30.7 Å². The van der Waals surface area contributed by atoms with Crippen LogP contribution >= 0.6 is 0 Å². The Morgan fingerprint density at radius 3 is 2.47 bits per heavy atom. The number of primary amides is 1. The average molecular weight is 611 g/mol. The number of amides is 1. The summed E-state index contributed by atoms with van der Waals surface area (Å²) < 4.78 is 59.4. The average Bonchev–Trinajstić information content (AvgIpc) is 3.20. The van der Waals surface area contributed by atoms with Gasteiger partial charge in [-0.1, -0.05) is 25.0 Å². The lowest BCUT2D eigenvalue weighted by Gasteiger charge is -2.20. The summed E-state index contributed by atoms with van der Waals surface area (Å²) in [6, 6.07) is 11.7. The van der Waals surface area contributed by atoms with Gasteiger partial charge in [-0.15, -0.1) is 0 Å². The maximum absolute atomic E-state index is 14.1. The van der Waals surface area contributed by atoms with Gasteiger partial charge >= 0.3 is 0 Å². The number of nitrogens with two attached hydrogens (primary N) is 1. The summed E-state index contributed by atoms with van der Waals surface area (Å²) in [5, 5.41) is 15.0. The first kappa shape index (κ1) is 31.6. The van der Waals surface area contributed by atoms with E-state index in [1.807, 2.05) is 0 Å². The van der Waals surface area contributed by atoms with Crippen molar-refractivity contribution in [3.63, 3.8) is 0 Å². The van der Waals surface area contributed by atoms with Crippen molar-refractivity contribution in [1.29, 1.82) is 0 Å². The first-order chi connectivity index (χ1) is 20.2. The number of para-hydroxylation sites is 1. The van der Waals surface area contributed by atoms with Crippen LogP contribution < -0.4 is 15.2 Å². The SMILES string of the molecule is CCNS(=O)(=O)Nc1nn(C)c2c(-c3ccc(C#CC(C)(C)O)nc3[C@H](CC(N)=O)Cc3cc(F)cc(F)c3)cccc12. The number of aryl methyl sites for hydroxylation is 1. The molecule has 0 radical (unpaired) electrons. The Labute approximate surface area is 248 Å². The van der Waals surface area contributed by atoms with Gasteiger partial charge in [0.25, 0.3) is 10.2 Å². The van der Waals surface area contributed by atoms with Gasteiger partial charge < -0.3 is 10.8 Å². The van der Waals surface area contributed by atoms with E-state index in [9.17, 15) is 27.1 Å². The van der Waals surface area contributed by atoms with Crippen molar-refractivity contribution in [3.8, 4) is 23.0 Å². The van der Waals surface area contributed by atoms with E-state index in [1.54, 1.807) is 44.3 Å². The maximum atomic E-state index is 14.1. The molecule has 5 N–H and O–H groups in total. The summed E-state index contributed by atoms with van der Waals surface area (Å²) in [4.78, 5) is 17.0. The highest BCUT2D eigenvalue weighted by Crippen LogP contribution is 2.38. The Balaban J connectivity index is 1.95. The van der Waals surface area contributed by atoms with Crippen LogP contribution in [0.25, 0.3) is 22.0 Å². The van der Waals surface area contributed by atoms with Gasteiger partial charge in [0, 0.05) is 48.5 Å². The molecule has 4 aromatic rings. The van der Waals surface area contributed by atoms with Gasteiger partial charge in [0.15, 0.2) is 5.82 Å². The van der Waals surface area contributed by atoms with E-state index in [0.29, 0.717) is 33.3 Å². The molecule has 0 unspecified atom stereocenters. The van der Waals surface area contributed by atoms with Crippen molar-refractivity contribution in [2.75, 3.05) is 11.3 Å². The van der Waals surface area contributed by atoms with Crippen LogP contribution in [-0.2, 0) is 28.5 Å². The molecule has 0 aliphatic carbocycles. The minimum absolute atomic E-state index is 0.0229. The molecule has 226 valence electrons. The molecule has 2 aromatic heterocycles. The Bertz CT molecular complexity index is 1840. The van der Waals surface area contributed by atoms with Gasteiger partial charge in [-0.2, -0.15) is 18.2 Å². The number of carbonyl (C=O) groups excluding carboxylic acids is 1. The number of nitrogens with one attached hydrogen (secondary N) is 2. The molecule has 43 heavy (non-hydrogen) atoms. The molecule has 0 aliphatic rings. The van der Waals surface area contributed by atoms with Gasteiger partial charge in [0.1, 0.15) is 22.9 Å². The molecule has 1 atom stereocenters. The standard InChI is InChI=1S/C30H32F2N6O4S/c1-5-34-43(41,42)37-29-25-8-6-7-24(28(25)38(4)36-29)23-10-9-22(11-12-30(2,3)40)35-27(23)19(16-26(33)39)13-18-14-20(31)17-21(32)15-18/h6-10,14-15,17,19,34,40H,5,13,16H2,1-4H3,(H2,33,39)(H,36,37)/t19-/m0/s1. The van der Waals surface area contributed by atoms with E-state index < -0.39 is 39.3 Å². The number of hydrogen-bond donors (Lipinski definition) is 4. The number of anilines is 1. The molecule has 0 aliphatic heterocycles. The maximum Gasteiger partial charge on any atom is 0.300 e. The number of hydrogen-bond acceptors (Lipinski definition) is 6. The van der Waals surface area contributed by atoms with Crippen molar-refractivity contribution in [3.05, 3.63) is 77.1 Å². The molecule has 0 saturated heterocycles. The van der Waals surface area contributed by atoms with Crippen LogP contribution in [0, 0.1) is 23.5 Å². The molecule has 0 saturated carbocycles. The highest BCUT2D eigenvalue weighted by atomic mass is 32.2. The Hall–Kier alpha value is -4.38. The predicted octanol–water partition coefficient (Wildman–Crippen LogP) is 3.50. The molecule has 2 heterocycles. The van der Waals surface area contributed by atoms with Crippen LogP contribution in [-0.4, -0.2) is 46.3 Å². The molecule has 10 nitrogen and oxygen atoms in total. The Morgan fingerprint density at radius 1 is 1.14 bits per heavy atom. The van der Waals surface area contributed by atoms with Crippen molar-refractivity contribution in [1.82, 2.24) is 19.5 Å². The molecule has 2 aromatic carbocycles. The number of nitrogens with zero attached hydrogens (tertiary/aromatic N) is 3. The van der Waals surface area contributed by atoms with E-state index in [-0.39, 0.29) is 30.9 Å². The number of pyridine rings is 1. The van der Waals surface area contributed by atoms with Crippen molar-refractivity contribution >= 4 is 32.8 Å². The number of rotatable bonds is 10. The molecule has 13 heteroatoms. The molecule has 0 bridgehead atoms. The van der Waals surface area contributed by atoms with Crippen LogP contribution in [0.2, 0.25) is 0 Å². The molecule has 0 fully saturated rings. The van der Waals surface area contributed by atoms with Crippen molar-refractivity contribution in [2.45, 2.75) is 45.1 Å². The predicted molar refractivity (Wildman–Crippen MR) is 160 cm³/mol. The van der Waals surface area contributed by atoms with Crippen molar-refractivity contribution in [2.24, 2.45) is 12.8 Å². The quantitative estimate of drug-likeness (QED) is 0.202. The zero-order chi connectivity index (χ0) is 31.5. The first-order valence-electron chi connectivity index (χ1n) is 13.4. The van der Waals surface area contributed by atoms with Crippen LogP contribution in [0.4, 0.5) is 14.6 Å². The number of carbonyl (C=O) groups is 1. The zero-order valence-electron chi connectivity index (χ0n) is 24.1.